The number of amides is 1. The number of hydrogen-bond acceptors (Lipinski definition) is 3. The van der Waals surface area contributed by atoms with E-state index in [1.807, 2.05) is 19.1 Å². The zero-order valence-electron chi connectivity index (χ0n) is 11.0. The summed E-state index contributed by atoms with van der Waals surface area (Å²) in [6, 6.07) is 8.36. The molecule has 1 aromatic carbocycles. The first kappa shape index (κ1) is 14.8. The zero-order chi connectivity index (χ0) is 14.7. The maximum absolute atomic E-state index is 13.5. The third-order valence-corrected chi connectivity index (χ3v) is 4.09. The summed E-state index contributed by atoms with van der Waals surface area (Å²) >= 11 is 7.40. The Hall–Kier alpha value is -1.59. The number of thiophene rings is 1. The Kier molecular flexibility index (Phi) is 4.62. The minimum atomic E-state index is -0.461. The van der Waals surface area contributed by atoms with Crippen molar-refractivity contribution in [2.24, 2.45) is 0 Å². The molecular weight excluding hydrogens is 299 g/mol. The van der Waals surface area contributed by atoms with Gasteiger partial charge in [0.05, 0.1) is 16.1 Å². The maximum atomic E-state index is 13.5. The maximum Gasteiger partial charge on any atom is 0.221 e. The quantitative estimate of drug-likeness (QED) is 0.861. The van der Waals surface area contributed by atoms with Crippen LogP contribution in [0.25, 0.3) is 0 Å². The van der Waals surface area contributed by atoms with E-state index in [-0.39, 0.29) is 17.6 Å². The highest BCUT2D eigenvalue weighted by Crippen LogP contribution is 2.30. The van der Waals surface area contributed by atoms with Gasteiger partial charge in [0, 0.05) is 17.5 Å². The lowest BCUT2D eigenvalue weighted by Gasteiger charge is -2.15. The highest BCUT2D eigenvalue weighted by atomic mass is 35.5. The van der Waals surface area contributed by atoms with Gasteiger partial charge in [-0.3, -0.25) is 4.79 Å². The normalized spacial score (nSPS) is 12.0. The molecule has 1 unspecified atom stereocenters. The van der Waals surface area contributed by atoms with E-state index in [1.54, 1.807) is 12.1 Å². The van der Waals surface area contributed by atoms with Crippen LogP contribution < -0.4 is 10.6 Å². The number of anilines is 2. The molecule has 3 nitrogen and oxygen atoms in total. The number of carbonyl (C=O) groups is 1. The van der Waals surface area contributed by atoms with Crippen LogP contribution in [0.5, 0.6) is 0 Å². The van der Waals surface area contributed by atoms with Crippen molar-refractivity contribution >= 4 is 40.2 Å². The summed E-state index contributed by atoms with van der Waals surface area (Å²) in [7, 11) is 0. The molecule has 0 radical (unpaired) electrons. The third kappa shape index (κ3) is 3.71. The molecule has 0 saturated carbocycles. The summed E-state index contributed by atoms with van der Waals surface area (Å²) in [5, 5.41) is 5.70. The van der Waals surface area contributed by atoms with Crippen LogP contribution in [-0.2, 0) is 4.79 Å². The average molecular weight is 313 g/mol. The molecule has 1 amide bonds. The minimum absolute atomic E-state index is 0.0446. The summed E-state index contributed by atoms with van der Waals surface area (Å²) in [4.78, 5) is 12.1. The van der Waals surface area contributed by atoms with Crippen LogP contribution in [0.2, 0.25) is 4.34 Å². The van der Waals surface area contributed by atoms with Gasteiger partial charge in [0.2, 0.25) is 5.91 Å². The van der Waals surface area contributed by atoms with Crippen LogP contribution in [0, 0.1) is 5.82 Å². The number of carbonyl (C=O) groups excluding carboxylic acids is 1. The van der Waals surface area contributed by atoms with E-state index < -0.39 is 5.82 Å². The summed E-state index contributed by atoms with van der Waals surface area (Å²) in [5.74, 6) is -0.767. The standard InChI is InChI=1S/C14H14ClFN2OS/c1-8(13-5-6-14(15)20-13)17-10-3-4-11(16)12(7-10)18-9(2)19/h3-8,17H,1-2H3,(H,18,19). The van der Waals surface area contributed by atoms with Crippen LogP contribution in [0.1, 0.15) is 24.8 Å². The topological polar surface area (TPSA) is 41.1 Å². The SMILES string of the molecule is CC(=O)Nc1cc(NC(C)c2ccc(Cl)s2)ccc1F. The number of halogens is 2. The van der Waals surface area contributed by atoms with Crippen molar-refractivity contribution in [2.45, 2.75) is 19.9 Å². The van der Waals surface area contributed by atoms with Gasteiger partial charge in [0.25, 0.3) is 0 Å². The van der Waals surface area contributed by atoms with Crippen molar-refractivity contribution in [3.05, 3.63) is 45.4 Å². The second kappa shape index (κ2) is 6.24. The first-order valence-corrected chi connectivity index (χ1v) is 7.24. The third-order valence-electron chi connectivity index (χ3n) is 2.68. The van der Waals surface area contributed by atoms with E-state index in [4.69, 9.17) is 11.6 Å². The van der Waals surface area contributed by atoms with Crippen LogP contribution in [-0.4, -0.2) is 5.91 Å². The fourth-order valence-corrected chi connectivity index (χ4v) is 2.85. The Labute approximate surface area is 125 Å². The van der Waals surface area contributed by atoms with E-state index in [1.165, 1.54) is 24.3 Å². The fourth-order valence-electron chi connectivity index (χ4n) is 1.78. The molecule has 0 aliphatic heterocycles. The van der Waals surface area contributed by atoms with E-state index in [0.717, 1.165) is 14.9 Å². The molecule has 106 valence electrons. The Morgan fingerprint density at radius 3 is 2.70 bits per heavy atom. The van der Waals surface area contributed by atoms with E-state index >= 15 is 0 Å². The van der Waals surface area contributed by atoms with Gasteiger partial charge >= 0.3 is 0 Å². The number of benzene rings is 1. The van der Waals surface area contributed by atoms with Crippen molar-refractivity contribution in [2.75, 3.05) is 10.6 Å². The largest absolute Gasteiger partial charge is 0.378 e. The average Bonchev–Trinajstić information content (AvgIpc) is 2.79. The van der Waals surface area contributed by atoms with E-state index in [9.17, 15) is 9.18 Å². The van der Waals surface area contributed by atoms with E-state index in [2.05, 4.69) is 10.6 Å². The van der Waals surface area contributed by atoms with Gasteiger partial charge in [-0.1, -0.05) is 11.6 Å². The Balaban J connectivity index is 2.15. The predicted molar refractivity (Wildman–Crippen MR) is 82.1 cm³/mol. The minimum Gasteiger partial charge on any atom is -0.378 e. The lowest BCUT2D eigenvalue weighted by molar-refractivity contribution is -0.114. The number of hydrogen-bond donors (Lipinski definition) is 2. The lowest BCUT2D eigenvalue weighted by Crippen LogP contribution is -2.09. The lowest BCUT2D eigenvalue weighted by atomic mass is 10.2. The summed E-state index contributed by atoms with van der Waals surface area (Å²) in [6.45, 7) is 3.33. The van der Waals surface area contributed by atoms with Crippen LogP contribution in [0.3, 0.4) is 0 Å². The molecule has 2 aromatic rings. The highest BCUT2D eigenvalue weighted by molar-refractivity contribution is 7.16. The number of nitrogens with one attached hydrogen (secondary N) is 2. The van der Waals surface area contributed by atoms with Gasteiger partial charge in [-0.2, -0.15) is 0 Å². The summed E-state index contributed by atoms with van der Waals surface area (Å²) < 4.78 is 14.3. The molecule has 1 atom stereocenters. The molecule has 6 heteroatoms. The molecule has 0 spiro atoms. The molecular formula is C14H14ClFN2OS. The van der Waals surface area contributed by atoms with Crippen LogP contribution in [0.4, 0.5) is 15.8 Å². The molecule has 1 aromatic heterocycles. The predicted octanol–water partition coefficient (Wildman–Crippen LogP) is 4.67. The molecule has 0 aliphatic rings. The van der Waals surface area contributed by atoms with Crippen LogP contribution >= 0.6 is 22.9 Å². The van der Waals surface area contributed by atoms with E-state index in [0.29, 0.717) is 0 Å². The van der Waals surface area contributed by atoms with Gasteiger partial charge in [0.1, 0.15) is 5.82 Å². The van der Waals surface area contributed by atoms with Crippen molar-refractivity contribution in [3.8, 4) is 0 Å². The number of rotatable bonds is 4. The molecule has 1 heterocycles. The Morgan fingerprint density at radius 2 is 2.10 bits per heavy atom. The fraction of sp³-hybridized carbons (Fsp3) is 0.214. The summed E-state index contributed by atoms with van der Waals surface area (Å²) in [6.07, 6.45) is 0. The monoisotopic (exact) mass is 312 g/mol. The van der Waals surface area contributed by atoms with Crippen molar-refractivity contribution in [1.29, 1.82) is 0 Å². The Bertz CT molecular complexity index is 629. The zero-order valence-corrected chi connectivity index (χ0v) is 12.6. The molecule has 0 bridgehead atoms. The molecule has 20 heavy (non-hydrogen) atoms. The summed E-state index contributed by atoms with van der Waals surface area (Å²) in [5.41, 5.74) is 0.895. The molecule has 0 fully saturated rings. The second-order valence-corrected chi connectivity index (χ2v) is 6.13. The van der Waals surface area contributed by atoms with Gasteiger partial charge in [0.15, 0.2) is 0 Å². The smallest absolute Gasteiger partial charge is 0.221 e. The molecule has 0 aliphatic carbocycles. The van der Waals surface area contributed by atoms with Crippen LogP contribution in [0.15, 0.2) is 30.3 Å². The van der Waals surface area contributed by atoms with Gasteiger partial charge in [-0.15, -0.1) is 11.3 Å². The van der Waals surface area contributed by atoms with Crippen molar-refractivity contribution in [3.63, 3.8) is 0 Å². The molecule has 2 rings (SSSR count). The van der Waals surface area contributed by atoms with Gasteiger partial charge in [-0.25, -0.2) is 4.39 Å². The second-order valence-electron chi connectivity index (χ2n) is 4.38. The van der Waals surface area contributed by atoms with Gasteiger partial charge < -0.3 is 10.6 Å². The first-order valence-electron chi connectivity index (χ1n) is 6.04. The first-order chi connectivity index (χ1) is 9.45. The van der Waals surface area contributed by atoms with Crippen molar-refractivity contribution < 1.29 is 9.18 Å². The van der Waals surface area contributed by atoms with Crippen molar-refractivity contribution in [1.82, 2.24) is 0 Å². The Morgan fingerprint density at radius 1 is 1.35 bits per heavy atom. The van der Waals surface area contributed by atoms with Gasteiger partial charge in [-0.05, 0) is 37.3 Å². The molecule has 0 saturated heterocycles. The molecule has 2 N–H and O–H groups in total. The highest BCUT2D eigenvalue weighted by Gasteiger charge is 2.10.